The number of carbonyl (C=O) groups is 1. The van der Waals surface area contributed by atoms with Crippen molar-refractivity contribution in [2.75, 3.05) is 13.2 Å². The molecule has 0 spiro atoms. The molecule has 100 valence electrons. The molecular weight excluding hydrogens is 249 g/mol. The van der Waals surface area contributed by atoms with Crippen molar-refractivity contribution in [1.29, 1.82) is 0 Å². The number of benzene rings is 1. The number of carbonyl (C=O) groups excluding carboxylic acids is 1. The predicted molar refractivity (Wildman–Crippen MR) is 58.6 cm³/mol. The number of unbranched alkanes of at least 4 members (excludes halogenated alkanes) is 1. The second-order valence-corrected chi connectivity index (χ2v) is 3.65. The Bertz CT molecular complexity index is 402. The van der Waals surface area contributed by atoms with Gasteiger partial charge in [-0.1, -0.05) is 0 Å². The van der Waals surface area contributed by atoms with Crippen molar-refractivity contribution in [3.63, 3.8) is 0 Å². The van der Waals surface area contributed by atoms with E-state index in [4.69, 9.17) is 9.84 Å². The number of rotatable bonds is 6. The van der Waals surface area contributed by atoms with E-state index in [1.807, 2.05) is 0 Å². The number of hydrogen-bond donors (Lipinski definition) is 1. The summed E-state index contributed by atoms with van der Waals surface area (Å²) in [5, 5.41) is 8.54. The highest BCUT2D eigenvalue weighted by molar-refractivity contribution is 5.75. The normalized spacial score (nSPS) is 11.3. The highest BCUT2D eigenvalue weighted by atomic mass is 19.4. The van der Waals surface area contributed by atoms with Gasteiger partial charge in [-0.25, -0.2) is 0 Å². The molecule has 0 saturated heterocycles. The van der Waals surface area contributed by atoms with Gasteiger partial charge in [0.15, 0.2) is 0 Å². The van der Waals surface area contributed by atoms with Crippen LogP contribution in [0.5, 0.6) is 5.75 Å². The van der Waals surface area contributed by atoms with Gasteiger partial charge in [-0.2, -0.15) is 13.2 Å². The van der Waals surface area contributed by atoms with Crippen LogP contribution in [0.4, 0.5) is 13.2 Å². The van der Waals surface area contributed by atoms with Crippen molar-refractivity contribution in [1.82, 2.24) is 0 Å². The maximum atomic E-state index is 12.7. The van der Waals surface area contributed by atoms with Gasteiger partial charge in [-0.05, 0) is 31.0 Å². The monoisotopic (exact) mass is 262 g/mol. The lowest BCUT2D eigenvalue weighted by atomic mass is 10.1. The van der Waals surface area contributed by atoms with Crippen LogP contribution in [0.2, 0.25) is 0 Å². The summed E-state index contributed by atoms with van der Waals surface area (Å²) in [6.45, 7) is 0.0592. The Hall–Kier alpha value is -1.56. The van der Waals surface area contributed by atoms with Crippen LogP contribution in [0.15, 0.2) is 18.2 Å². The average molecular weight is 262 g/mol. The molecule has 0 unspecified atom stereocenters. The van der Waals surface area contributed by atoms with Gasteiger partial charge in [-0.3, -0.25) is 4.79 Å². The quantitative estimate of drug-likeness (QED) is 0.633. The number of aliphatic hydroxyl groups excluding tert-OH is 1. The van der Waals surface area contributed by atoms with Crippen molar-refractivity contribution in [2.45, 2.75) is 19.0 Å². The third kappa shape index (κ3) is 4.03. The third-order valence-corrected chi connectivity index (χ3v) is 2.26. The van der Waals surface area contributed by atoms with Crippen LogP contribution in [-0.2, 0) is 6.18 Å². The van der Waals surface area contributed by atoms with Crippen LogP contribution >= 0.6 is 0 Å². The molecule has 1 N–H and O–H groups in total. The zero-order valence-electron chi connectivity index (χ0n) is 9.54. The van der Waals surface area contributed by atoms with E-state index >= 15 is 0 Å². The van der Waals surface area contributed by atoms with Crippen LogP contribution in [0.1, 0.15) is 28.8 Å². The Kier molecular flexibility index (Phi) is 5.15. The average Bonchev–Trinajstić information content (AvgIpc) is 2.33. The molecule has 0 aliphatic heterocycles. The first-order valence-corrected chi connectivity index (χ1v) is 5.39. The summed E-state index contributed by atoms with van der Waals surface area (Å²) in [5.74, 6) is -0.300. The molecule has 3 nitrogen and oxygen atoms in total. The van der Waals surface area contributed by atoms with Gasteiger partial charge in [0, 0.05) is 12.2 Å². The zero-order valence-corrected chi connectivity index (χ0v) is 9.54. The lowest BCUT2D eigenvalue weighted by Crippen LogP contribution is -2.10. The predicted octanol–water partition coefficient (Wildman–Crippen LogP) is 2.67. The van der Waals surface area contributed by atoms with Gasteiger partial charge in [0.2, 0.25) is 0 Å². The standard InChI is InChI=1S/C12H13F3O3/c13-12(14,15)10-7-9(8-17)3-4-11(10)18-6-2-1-5-16/h3-4,7-8,16H,1-2,5-6H2. The first-order valence-electron chi connectivity index (χ1n) is 5.39. The topological polar surface area (TPSA) is 46.5 Å². The van der Waals surface area contributed by atoms with Gasteiger partial charge < -0.3 is 9.84 Å². The van der Waals surface area contributed by atoms with Gasteiger partial charge in [-0.15, -0.1) is 0 Å². The minimum atomic E-state index is -4.56. The number of aldehydes is 1. The van der Waals surface area contributed by atoms with E-state index in [-0.39, 0.29) is 24.5 Å². The van der Waals surface area contributed by atoms with Gasteiger partial charge >= 0.3 is 6.18 Å². The van der Waals surface area contributed by atoms with Gasteiger partial charge in [0.25, 0.3) is 0 Å². The summed E-state index contributed by atoms with van der Waals surface area (Å²) in [6.07, 6.45) is -3.28. The van der Waals surface area contributed by atoms with E-state index in [0.29, 0.717) is 19.1 Å². The summed E-state index contributed by atoms with van der Waals surface area (Å²) < 4.78 is 43.1. The van der Waals surface area contributed by atoms with Crippen molar-refractivity contribution >= 4 is 6.29 Å². The first kappa shape index (κ1) is 14.5. The van der Waals surface area contributed by atoms with E-state index in [0.717, 1.165) is 12.1 Å². The summed E-state index contributed by atoms with van der Waals surface area (Å²) in [4.78, 5) is 10.5. The van der Waals surface area contributed by atoms with E-state index < -0.39 is 11.7 Å². The van der Waals surface area contributed by atoms with Crippen molar-refractivity contribution in [3.8, 4) is 5.75 Å². The summed E-state index contributed by atoms with van der Waals surface area (Å²) in [5.41, 5.74) is -1.01. The van der Waals surface area contributed by atoms with Crippen molar-refractivity contribution < 1.29 is 27.8 Å². The van der Waals surface area contributed by atoms with Crippen LogP contribution in [-0.4, -0.2) is 24.6 Å². The lowest BCUT2D eigenvalue weighted by molar-refractivity contribution is -0.139. The number of alkyl halides is 3. The summed E-state index contributed by atoms with van der Waals surface area (Å²) >= 11 is 0. The third-order valence-electron chi connectivity index (χ3n) is 2.26. The molecule has 0 bridgehead atoms. The number of ether oxygens (including phenoxy) is 1. The summed E-state index contributed by atoms with van der Waals surface area (Å²) in [7, 11) is 0. The van der Waals surface area contributed by atoms with Crippen LogP contribution in [0.3, 0.4) is 0 Å². The molecular formula is C12H13F3O3. The number of aliphatic hydroxyl groups is 1. The fraction of sp³-hybridized carbons (Fsp3) is 0.417. The molecule has 0 fully saturated rings. The molecule has 18 heavy (non-hydrogen) atoms. The molecule has 0 saturated carbocycles. The highest BCUT2D eigenvalue weighted by Gasteiger charge is 2.34. The van der Waals surface area contributed by atoms with E-state index in [2.05, 4.69) is 0 Å². The van der Waals surface area contributed by atoms with Gasteiger partial charge in [0.05, 0.1) is 12.2 Å². The minimum absolute atomic E-state index is 0.0282. The molecule has 0 aromatic heterocycles. The van der Waals surface area contributed by atoms with Crippen LogP contribution in [0.25, 0.3) is 0 Å². The van der Waals surface area contributed by atoms with Crippen LogP contribution < -0.4 is 4.74 Å². The molecule has 0 atom stereocenters. The maximum absolute atomic E-state index is 12.7. The first-order chi connectivity index (χ1) is 8.49. The fourth-order valence-electron chi connectivity index (χ4n) is 1.36. The Morgan fingerprint density at radius 2 is 2.00 bits per heavy atom. The second kappa shape index (κ2) is 6.39. The van der Waals surface area contributed by atoms with Gasteiger partial charge in [0.1, 0.15) is 12.0 Å². The van der Waals surface area contributed by atoms with E-state index in [1.54, 1.807) is 0 Å². The minimum Gasteiger partial charge on any atom is -0.493 e. The van der Waals surface area contributed by atoms with Crippen LogP contribution in [0, 0.1) is 0 Å². The largest absolute Gasteiger partial charge is 0.493 e. The highest BCUT2D eigenvalue weighted by Crippen LogP contribution is 2.36. The fourth-order valence-corrected chi connectivity index (χ4v) is 1.36. The SMILES string of the molecule is O=Cc1ccc(OCCCCO)c(C(F)(F)F)c1. The number of hydrogen-bond acceptors (Lipinski definition) is 3. The Morgan fingerprint density at radius 1 is 1.28 bits per heavy atom. The number of halogens is 3. The molecule has 0 amide bonds. The van der Waals surface area contributed by atoms with E-state index in [1.165, 1.54) is 6.07 Å². The van der Waals surface area contributed by atoms with E-state index in [9.17, 15) is 18.0 Å². The van der Waals surface area contributed by atoms with Crippen molar-refractivity contribution in [2.24, 2.45) is 0 Å². The Balaban J connectivity index is 2.86. The zero-order chi connectivity index (χ0) is 13.6. The van der Waals surface area contributed by atoms with Crippen molar-refractivity contribution in [3.05, 3.63) is 29.3 Å². The molecule has 0 aliphatic rings. The lowest BCUT2D eigenvalue weighted by Gasteiger charge is -2.14. The molecule has 6 heteroatoms. The molecule has 0 radical (unpaired) electrons. The smallest absolute Gasteiger partial charge is 0.419 e. The Labute approximate surface area is 102 Å². The molecule has 0 heterocycles. The summed E-state index contributed by atoms with van der Waals surface area (Å²) in [6, 6.07) is 3.16. The maximum Gasteiger partial charge on any atom is 0.419 e. The molecule has 0 aliphatic carbocycles. The molecule has 1 aromatic carbocycles. The molecule has 1 aromatic rings. The molecule has 1 rings (SSSR count). The second-order valence-electron chi connectivity index (χ2n) is 3.65. The Morgan fingerprint density at radius 3 is 2.56 bits per heavy atom.